The standard InChI is InChI=1S/C23H27N3O5/c1-25(2)12-5-13-26-20(17-14-16(30-3)6-7-18(17)31-4)19(22(28)23(26)29)21(27)15-8-10-24-11-9-15/h6-11,14,20,27H,5,12-13H2,1-4H3. The molecule has 1 aliphatic heterocycles. The van der Waals surface area contributed by atoms with Crippen molar-refractivity contribution in [2.45, 2.75) is 12.5 Å². The molecule has 2 heterocycles. The Morgan fingerprint density at radius 2 is 1.84 bits per heavy atom. The number of Topliss-reactive ketones (excluding diaryl/α,β-unsaturated/α-hetero) is 1. The maximum Gasteiger partial charge on any atom is 0.295 e. The van der Waals surface area contributed by atoms with Crippen LogP contribution in [0.15, 0.2) is 48.3 Å². The number of amides is 1. The Hall–Kier alpha value is -3.39. The van der Waals surface area contributed by atoms with Crippen LogP contribution < -0.4 is 19.5 Å². The highest BCUT2D eigenvalue weighted by Crippen LogP contribution is 2.43. The molecule has 8 heteroatoms. The lowest BCUT2D eigenvalue weighted by atomic mass is 9.94. The fourth-order valence-electron chi connectivity index (χ4n) is 3.74. The first kappa shape index (κ1) is 22.3. The average Bonchev–Trinajstić information content (AvgIpc) is 3.03. The predicted octanol–water partition coefficient (Wildman–Crippen LogP) is -0.143. The number of hydrogen-bond acceptors (Lipinski definition) is 6. The van der Waals surface area contributed by atoms with Gasteiger partial charge in [0.15, 0.2) is 0 Å². The fraction of sp³-hybridized carbons (Fsp3) is 0.348. The van der Waals surface area contributed by atoms with Crippen LogP contribution in [0.2, 0.25) is 0 Å². The van der Waals surface area contributed by atoms with Gasteiger partial charge < -0.3 is 24.4 Å². The molecule has 0 bridgehead atoms. The summed E-state index contributed by atoms with van der Waals surface area (Å²) in [4.78, 5) is 32.6. The molecule has 1 amide bonds. The number of ether oxygens (including phenoxy) is 2. The van der Waals surface area contributed by atoms with Gasteiger partial charge in [0.25, 0.3) is 5.91 Å². The molecule has 3 rings (SSSR count). The lowest BCUT2D eigenvalue weighted by molar-refractivity contribution is -0.858. The predicted molar refractivity (Wildman–Crippen MR) is 112 cm³/mol. The molecule has 164 valence electrons. The maximum atomic E-state index is 13.3. The zero-order valence-corrected chi connectivity index (χ0v) is 18.2. The van der Waals surface area contributed by atoms with E-state index in [9.17, 15) is 14.7 Å². The smallest absolute Gasteiger partial charge is 0.295 e. The molecular formula is C23H27N3O5. The molecule has 1 N–H and O–H groups in total. The number of carbonyl (C=O) groups is 2. The van der Waals surface area contributed by atoms with E-state index < -0.39 is 23.5 Å². The van der Waals surface area contributed by atoms with E-state index in [0.29, 0.717) is 35.6 Å². The molecule has 0 saturated carbocycles. The lowest BCUT2D eigenvalue weighted by Crippen LogP contribution is -3.05. The summed E-state index contributed by atoms with van der Waals surface area (Å²) in [6, 6.07) is 7.35. The molecule has 1 fully saturated rings. The Balaban J connectivity index is 2.18. The number of carbonyl (C=O) groups excluding carboxylic acids is 2. The van der Waals surface area contributed by atoms with Gasteiger partial charge in [-0.1, -0.05) is 5.76 Å². The van der Waals surface area contributed by atoms with Gasteiger partial charge in [-0.2, -0.15) is 0 Å². The zero-order valence-electron chi connectivity index (χ0n) is 18.2. The van der Waals surface area contributed by atoms with Gasteiger partial charge in [-0.05, 0) is 35.9 Å². The third-order valence-corrected chi connectivity index (χ3v) is 5.28. The first-order chi connectivity index (χ1) is 14.9. The van der Waals surface area contributed by atoms with Crippen molar-refractivity contribution in [3.63, 3.8) is 0 Å². The second-order valence-corrected chi connectivity index (χ2v) is 7.63. The first-order valence-corrected chi connectivity index (χ1v) is 10.1. The summed E-state index contributed by atoms with van der Waals surface area (Å²) in [5.41, 5.74) is 0.758. The molecule has 8 nitrogen and oxygen atoms in total. The van der Waals surface area contributed by atoms with Crippen molar-refractivity contribution >= 4 is 17.4 Å². The average molecular weight is 425 g/mol. The Kier molecular flexibility index (Phi) is 6.91. The summed E-state index contributed by atoms with van der Waals surface area (Å²) < 4.78 is 10.9. The van der Waals surface area contributed by atoms with Crippen LogP contribution in [-0.4, -0.2) is 63.0 Å². The van der Waals surface area contributed by atoms with Gasteiger partial charge >= 0.3 is 0 Å². The number of aromatic nitrogens is 1. The summed E-state index contributed by atoms with van der Waals surface area (Å²) in [5.74, 6) is -0.946. The molecule has 1 unspecified atom stereocenters. The molecule has 31 heavy (non-hydrogen) atoms. The monoisotopic (exact) mass is 425 g/mol. The van der Waals surface area contributed by atoms with Gasteiger partial charge in [0.05, 0.1) is 40.9 Å². The van der Waals surface area contributed by atoms with E-state index in [4.69, 9.17) is 9.47 Å². The van der Waals surface area contributed by atoms with Crippen LogP contribution in [-0.2, 0) is 9.59 Å². The van der Waals surface area contributed by atoms with Gasteiger partial charge in [0.2, 0.25) is 5.78 Å². The van der Waals surface area contributed by atoms with Gasteiger partial charge in [-0.3, -0.25) is 14.6 Å². The van der Waals surface area contributed by atoms with E-state index in [1.54, 1.807) is 18.2 Å². The van der Waals surface area contributed by atoms with E-state index in [-0.39, 0.29) is 5.57 Å². The van der Waals surface area contributed by atoms with Crippen molar-refractivity contribution in [3.8, 4) is 11.5 Å². The molecular weight excluding hydrogens is 398 g/mol. The van der Waals surface area contributed by atoms with E-state index in [1.165, 1.54) is 48.5 Å². The number of quaternary nitrogens is 1. The highest BCUT2D eigenvalue weighted by molar-refractivity contribution is 6.46. The van der Waals surface area contributed by atoms with E-state index >= 15 is 0 Å². The van der Waals surface area contributed by atoms with Gasteiger partial charge in [-0.25, -0.2) is 0 Å². The van der Waals surface area contributed by atoms with Crippen LogP contribution in [0.4, 0.5) is 0 Å². The number of methoxy groups -OCH3 is 2. The van der Waals surface area contributed by atoms with Gasteiger partial charge in [0.1, 0.15) is 11.5 Å². The Labute approximate surface area is 181 Å². The normalized spacial score (nSPS) is 18.0. The van der Waals surface area contributed by atoms with Crippen molar-refractivity contribution in [2.24, 2.45) is 0 Å². The molecule has 0 spiro atoms. The Bertz CT molecular complexity index is 988. The van der Waals surface area contributed by atoms with E-state index in [2.05, 4.69) is 4.98 Å². The highest BCUT2D eigenvalue weighted by Gasteiger charge is 2.45. The van der Waals surface area contributed by atoms with E-state index in [1.807, 2.05) is 14.1 Å². The molecule has 1 atom stereocenters. The highest BCUT2D eigenvalue weighted by atomic mass is 16.5. The maximum absolute atomic E-state index is 13.3. The SMILES string of the molecule is COc1ccc(OC)c(C2C(=C([O-])c3ccncc3)C(=O)C(=O)N2CCC[NH+](C)C)c1. The van der Waals surface area contributed by atoms with Crippen LogP contribution in [0.3, 0.4) is 0 Å². The summed E-state index contributed by atoms with van der Waals surface area (Å²) in [6.45, 7) is 1.15. The molecule has 1 aromatic heterocycles. The summed E-state index contributed by atoms with van der Waals surface area (Å²) in [5, 5.41) is 13.3. The largest absolute Gasteiger partial charge is 0.872 e. The number of hydrogen-bond donors (Lipinski definition) is 1. The van der Waals surface area contributed by atoms with Crippen LogP contribution in [0.5, 0.6) is 11.5 Å². The number of benzene rings is 1. The minimum absolute atomic E-state index is 0.0834. The topological polar surface area (TPSA) is 96.2 Å². The Morgan fingerprint density at radius 3 is 2.45 bits per heavy atom. The van der Waals surface area contributed by atoms with Crippen LogP contribution in [0.25, 0.3) is 5.76 Å². The second-order valence-electron chi connectivity index (χ2n) is 7.63. The molecule has 1 aliphatic rings. The van der Waals surface area contributed by atoms with Gasteiger partial charge in [0, 0.05) is 36.5 Å². The van der Waals surface area contributed by atoms with Crippen molar-refractivity contribution in [1.29, 1.82) is 0 Å². The van der Waals surface area contributed by atoms with Crippen molar-refractivity contribution < 1.29 is 29.1 Å². The molecule has 1 aromatic carbocycles. The van der Waals surface area contributed by atoms with Gasteiger partial charge in [-0.15, -0.1) is 0 Å². The number of ketones is 1. The molecule has 1 saturated heterocycles. The third-order valence-electron chi connectivity index (χ3n) is 5.28. The Morgan fingerprint density at radius 1 is 1.13 bits per heavy atom. The molecule has 0 aliphatic carbocycles. The zero-order chi connectivity index (χ0) is 22.5. The second kappa shape index (κ2) is 9.61. The summed E-state index contributed by atoms with van der Waals surface area (Å²) in [6.07, 6.45) is 3.64. The summed E-state index contributed by atoms with van der Waals surface area (Å²) in [7, 11) is 7.07. The quantitative estimate of drug-likeness (QED) is 0.359. The van der Waals surface area contributed by atoms with Crippen LogP contribution >= 0.6 is 0 Å². The number of nitrogens with zero attached hydrogens (tertiary/aromatic N) is 2. The van der Waals surface area contributed by atoms with Crippen molar-refractivity contribution in [3.05, 3.63) is 59.4 Å². The number of rotatable bonds is 8. The first-order valence-electron chi connectivity index (χ1n) is 10.1. The van der Waals surface area contributed by atoms with Crippen molar-refractivity contribution in [1.82, 2.24) is 9.88 Å². The van der Waals surface area contributed by atoms with Crippen LogP contribution in [0, 0.1) is 0 Å². The molecule has 2 aromatic rings. The summed E-state index contributed by atoms with van der Waals surface area (Å²) >= 11 is 0. The minimum Gasteiger partial charge on any atom is -0.872 e. The van der Waals surface area contributed by atoms with E-state index in [0.717, 1.165) is 6.54 Å². The van der Waals surface area contributed by atoms with Crippen molar-refractivity contribution in [2.75, 3.05) is 41.4 Å². The minimum atomic E-state index is -0.858. The number of likely N-dealkylation sites (tertiary alicyclic amines) is 1. The lowest BCUT2D eigenvalue weighted by Gasteiger charge is -2.29. The third kappa shape index (κ3) is 4.54. The fourth-order valence-corrected chi connectivity index (χ4v) is 3.74. The van der Waals surface area contributed by atoms with Crippen LogP contribution in [0.1, 0.15) is 23.6 Å². The number of nitrogens with one attached hydrogen (secondary N) is 1. The molecule has 0 radical (unpaired) electrons. The number of pyridine rings is 1.